The molecule has 1 aromatic carbocycles. The third kappa shape index (κ3) is 3.06. The summed E-state index contributed by atoms with van der Waals surface area (Å²) in [5.74, 6) is 0.685. The highest BCUT2D eigenvalue weighted by atomic mass is 16.2. The number of carbonyl (C=O) groups is 1. The molecule has 3 rings (SSSR count). The molecular formula is C18H19N5O. The van der Waals surface area contributed by atoms with E-state index < -0.39 is 0 Å². The van der Waals surface area contributed by atoms with E-state index in [0.29, 0.717) is 24.3 Å². The van der Waals surface area contributed by atoms with Crippen LogP contribution in [0.25, 0.3) is 0 Å². The van der Waals surface area contributed by atoms with E-state index in [-0.39, 0.29) is 5.91 Å². The second-order valence-corrected chi connectivity index (χ2v) is 5.91. The number of aryl methyl sites for hydroxylation is 1. The van der Waals surface area contributed by atoms with Gasteiger partial charge in [-0.25, -0.2) is 0 Å². The lowest BCUT2D eigenvalue weighted by Gasteiger charge is -2.16. The molecule has 1 aromatic heterocycles. The van der Waals surface area contributed by atoms with Crippen LogP contribution >= 0.6 is 0 Å². The Morgan fingerprint density at radius 3 is 2.62 bits per heavy atom. The molecule has 1 saturated heterocycles. The van der Waals surface area contributed by atoms with Gasteiger partial charge in [0, 0.05) is 25.2 Å². The number of aromatic nitrogens is 2. The summed E-state index contributed by atoms with van der Waals surface area (Å²) in [6.45, 7) is 5.04. The average molecular weight is 321 g/mol. The number of carbonyl (C=O) groups excluding carboxylic acids is 1. The van der Waals surface area contributed by atoms with E-state index in [4.69, 9.17) is 0 Å². The highest BCUT2D eigenvalue weighted by molar-refractivity contribution is 5.95. The maximum absolute atomic E-state index is 11.8. The molecule has 0 saturated carbocycles. The SMILES string of the molecule is Cc1nnc(NCc2ccc(N3CCCC3=O)cc2)c(C#N)c1C. The van der Waals surface area contributed by atoms with Crippen LogP contribution in [0.5, 0.6) is 0 Å². The van der Waals surface area contributed by atoms with E-state index in [9.17, 15) is 10.1 Å². The van der Waals surface area contributed by atoms with Crippen molar-refractivity contribution < 1.29 is 4.79 Å². The molecule has 122 valence electrons. The van der Waals surface area contributed by atoms with Crippen molar-refractivity contribution in [3.63, 3.8) is 0 Å². The Hall–Kier alpha value is -2.94. The Bertz CT molecular complexity index is 807. The Morgan fingerprint density at radius 2 is 2.00 bits per heavy atom. The van der Waals surface area contributed by atoms with Crippen LogP contribution in [-0.4, -0.2) is 22.6 Å². The zero-order chi connectivity index (χ0) is 17.1. The summed E-state index contributed by atoms with van der Waals surface area (Å²) >= 11 is 0. The van der Waals surface area contributed by atoms with Crippen molar-refractivity contribution in [2.75, 3.05) is 16.8 Å². The van der Waals surface area contributed by atoms with Crippen molar-refractivity contribution in [3.05, 3.63) is 46.6 Å². The van der Waals surface area contributed by atoms with Gasteiger partial charge in [-0.15, -0.1) is 5.10 Å². The molecule has 0 atom stereocenters. The van der Waals surface area contributed by atoms with Crippen LogP contribution < -0.4 is 10.2 Å². The van der Waals surface area contributed by atoms with Crippen molar-refractivity contribution in [2.24, 2.45) is 0 Å². The van der Waals surface area contributed by atoms with E-state index >= 15 is 0 Å². The van der Waals surface area contributed by atoms with Gasteiger partial charge < -0.3 is 10.2 Å². The third-order valence-electron chi connectivity index (χ3n) is 4.35. The number of nitriles is 1. The van der Waals surface area contributed by atoms with Crippen LogP contribution in [0.1, 0.15) is 35.2 Å². The highest BCUT2D eigenvalue weighted by Crippen LogP contribution is 2.22. The molecule has 0 aliphatic carbocycles. The summed E-state index contributed by atoms with van der Waals surface area (Å²) < 4.78 is 0. The van der Waals surface area contributed by atoms with Crippen molar-refractivity contribution in [1.82, 2.24) is 10.2 Å². The molecule has 2 aromatic rings. The molecule has 0 radical (unpaired) electrons. The van der Waals surface area contributed by atoms with Gasteiger partial charge >= 0.3 is 0 Å². The molecule has 2 heterocycles. The minimum Gasteiger partial charge on any atom is -0.363 e. The standard InChI is InChI=1S/C18H19N5O/c1-12-13(2)21-22-18(16(12)10-19)20-11-14-5-7-15(8-6-14)23-9-3-4-17(23)24/h5-8H,3-4,9,11H2,1-2H3,(H,20,22). The van der Waals surface area contributed by atoms with Gasteiger partial charge in [0.15, 0.2) is 5.82 Å². The first kappa shape index (κ1) is 15.9. The number of nitrogens with zero attached hydrogens (tertiary/aromatic N) is 4. The van der Waals surface area contributed by atoms with Crippen molar-refractivity contribution >= 4 is 17.4 Å². The molecule has 0 bridgehead atoms. The second-order valence-electron chi connectivity index (χ2n) is 5.91. The first-order valence-electron chi connectivity index (χ1n) is 7.97. The summed E-state index contributed by atoms with van der Waals surface area (Å²) in [5.41, 5.74) is 4.12. The van der Waals surface area contributed by atoms with Crippen molar-refractivity contribution in [1.29, 1.82) is 5.26 Å². The maximum Gasteiger partial charge on any atom is 0.227 e. The number of anilines is 2. The fourth-order valence-corrected chi connectivity index (χ4v) is 2.77. The van der Waals surface area contributed by atoms with Gasteiger partial charge in [0.2, 0.25) is 5.91 Å². The Kier molecular flexibility index (Phi) is 4.43. The van der Waals surface area contributed by atoms with E-state index in [1.54, 1.807) is 0 Å². The number of rotatable bonds is 4. The monoisotopic (exact) mass is 321 g/mol. The van der Waals surface area contributed by atoms with Gasteiger partial charge in [-0.2, -0.15) is 10.4 Å². The van der Waals surface area contributed by atoms with E-state index in [0.717, 1.165) is 35.5 Å². The lowest BCUT2D eigenvalue weighted by molar-refractivity contribution is -0.117. The van der Waals surface area contributed by atoms with Gasteiger partial charge in [-0.1, -0.05) is 12.1 Å². The first-order valence-corrected chi connectivity index (χ1v) is 7.97. The highest BCUT2D eigenvalue weighted by Gasteiger charge is 2.21. The van der Waals surface area contributed by atoms with Gasteiger partial charge in [0.25, 0.3) is 0 Å². The summed E-state index contributed by atoms with van der Waals surface area (Å²) in [5, 5.41) is 20.6. The van der Waals surface area contributed by atoms with Crippen LogP contribution in [0.4, 0.5) is 11.5 Å². The molecule has 6 heteroatoms. The molecular weight excluding hydrogens is 302 g/mol. The van der Waals surface area contributed by atoms with Gasteiger partial charge in [0.05, 0.1) is 5.69 Å². The number of hydrogen-bond acceptors (Lipinski definition) is 5. The minimum atomic E-state index is 0.185. The van der Waals surface area contributed by atoms with Crippen LogP contribution in [0.15, 0.2) is 24.3 Å². The molecule has 1 amide bonds. The molecule has 1 N–H and O–H groups in total. The molecule has 1 aliphatic rings. The molecule has 1 aliphatic heterocycles. The second kappa shape index (κ2) is 6.67. The number of nitrogens with one attached hydrogen (secondary N) is 1. The fraction of sp³-hybridized carbons (Fsp3) is 0.333. The zero-order valence-corrected chi connectivity index (χ0v) is 13.8. The lowest BCUT2D eigenvalue weighted by atomic mass is 10.1. The summed E-state index contributed by atoms with van der Waals surface area (Å²) in [6.07, 6.45) is 1.55. The quantitative estimate of drug-likeness (QED) is 0.936. The van der Waals surface area contributed by atoms with E-state index in [2.05, 4.69) is 21.6 Å². The third-order valence-corrected chi connectivity index (χ3v) is 4.35. The first-order chi connectivity index (χ1) is 11.6. The average Bonchev–Trinajstić information content (AvgIpc) is 3.02. The Morgan fingerprint density at radius 1 is 1.25 bits per heavy atom. The van der Waals surface area contributed by atoms with Crippen LogP contribution in [0, 0.1) is 25.2 Å². The van der Waals surface area contributed by atoms with Gasteiger partial charge in [-0.3, -0.25) is 4.79 Å². The summed E-state index contributed by atoms with van der Waals surface area (Å²) in [6, 6.07) is 10.1. The summed E-state index contributed by atoms with van der Waals surface area (Å²) in [4.78, 5) is 13.6. The topological polar surface area (TPSA) is 81.9 Å². The fourth-order valence-electron chi connectivity index (χ4n) is 2.77. The van der Waals surface area contributed by atoms with Crippen LogP contribution in [-0.2, 0) is 11.3 Å². The Labute approximate surface area is 141 Å². The largest absolute Gasteiger partial charge is 0.363 e. The summed E-state index contributed by atoms with van der Waals surface area (Å²) in [7, 11) is 0. The van der Waals surface area contributed by atoms with Crippen LogP contribution in [0.2, 0.25) is 0 Å². The van der Waals surface area contributed by atoms with Crippen LogP contribution in [0.3, 0.4) is 0 Å². The predicted octanol–water partition coefficient (Wildman–Crippen LogP) is 2.70. The van der Waals surface area contributed by atoms with Crippen molar-refractivity contribution in [3.8, 4) is 6.07 Å². The Balaban J connectivity index is 1.71. The van der Waals surface area contributed by atoms with Gasteiger partial charge in [-0.05, 0) is 43.5 Å². The number of amides is 1. The van der Waals surface area contributed by atoms with Crippen molar-refractivity contribution in [2.45, 2.75) is 33.2 Å². The van der Waals surface area contributed by atoms with E-state index in [1.807, 2.05) is 43.0 Å². The number of hydrogen-bond donors (Lipinski definition) is 1. The molecule has 1 fully saturated rings. The predicted molar refractivity (Wildman–Crippen MR) is 91.6 cm³/mol. The van der Waals surface area contributed by atoms with Gasteiger partial charge in [0.1, 0.15) is 11.6 Å². The lowest BCUT2D eigenvalue weighted by Crippen LogP contribution is -2.23. The molecule has 0 spiro atoms. The molecule has 0 unspecified atom stereocenters. The minimum absolute atomic E-state index is 0.185. The zero-order valence-electron chi connectivity index (χ0n) is 13.8. The molecule has 6 nitrogen and oxygen atoms in total. The normalized spacial score (nSPS) is 13.9. The molecule has 24 heavy (non-hydrogen) atoms. The number of benzene rings is 1. The maximum atomic E-state index is 11.8. The smallest absolute Gasteiger partial charge is 0.227 e. The van der Waals surface area contributed by atoms with E-state index in [1.165, 1.54) is 0 Å².